The van der Waals surface area contributed by atoms with Crippen LogP contribution in [-0.2, 0) is 4.79 Å². The third-order valence-corrected chi connectivity index (χ3v) is 5.95. The van der Waals surface area contributed by atoms with Gasteiger partial charge in [0.05, 0.1) is 0 Å². The predicted octanol–water partition coefficient (Wildman–Crippen LogP) is 6.22. The van der Waals surface area contributed by atoms with Crippen LogP contribution in [0.2, 0.25) is 5.02 Å². The molecule has 3 aromatic carbocycles. The lowest BCUT2D eigenvalue weighted by Gasteiger charge is -2.23. The van der Waals surface area contributed by atoms with Crippen molar-refractivity contribution in [3.63, 3.8) is 0 Å². The molecule has 0 aliphatic rings. The van der Waals surface area contributed by atoms with Crippen LogP contribution >= 0.6 is 23.4 Å². The molecule has 0 aliphatic heterocycles. The molecule has 0 amide bonds. The highest BCUT2D eigenvalue weighted by Crippen LogP contribution is 2.36. The number of rotatable bonds is 7. The Morgan fingerprint density at radius 2 is 1.43 bits per heavy atom. The standard InChI is InChI=1S/C23H19ClO3S/c1-23(22(26)27,28-20-5-3-2-4-6-20)15-21(25)18-9-7-16(8-10-18)17-11-13-19(24)14-12-17/h2-14H,15H2,1H3,(H,26,27). The van der Waals surface area contributed by atoms with E-state index in [4.69, 9.17) is 11.6 Å². The van der Waals surface area contributed by atoms with Gasteiger partial charge >= 0.3 is 5.97 Å². The Morgan fingerprint density at radius 1 is 0.893 bits per heavy atom. The molecule has 0 heterocycles. The quantitative estimate of drug-likeness (QED) is 0.371. The van der Waals surface area contributed by atoms with Crippen molar-refractivity contribution in [2.24, 2.45) is 0 Å². The number of Topliss-reactive ketones (excluding diaryl/α,β-unsaturated/α-hetero) is 1. The summed E-state index contributed by atoms with van der Waals surface area (Å²) in [5.41, 5.74) is 2.46. The summed E-state index contributed by atoms with van der Waals surface area (Å²) in [6.07, 6.45) is -0.0951. The third-order valence-electron chi connectivity index (χ3n) is 4.42. The van der Waals surface area contributed by atoms with Gasteiger partial charge < -0.3 is 5.11 Å². The van der Waals surface area contributed by atoms with Crippen LogP contribution in [0.15, 0.2) is 83.8 Å². The molecule has 0 fully saturated rings. The van der Waals surface area contributed by atoms with Crippen LogP contribution in [-0.4, -0.2) is 21.6 Å². The number of carbonyl (C=O) groups is 2. The maximum atomic E-state index is 12.8. The van der Waals surface area contributed by atoms with Crippen molar-refractivity contribution in [1.29, 1.82) is 0 Å². The van der Waals surface area contributed by atoms with E-state index < -0.39 is 10.7 Å². The van der Waals surface area contributed by atoms with Gasteiger partial charge in [-0.3, -0.25) is 9.59 Å². The van der Waals surface area contributed by atoms with Crippen LogP contribution in [0, 0.1) is 0 Å². The zero-order chi connectivity index (χ0) is 20.1. The maximum Gasteiger partial charge on any atom is 0.320 e. The lowest BCUT2D eigenvalue weighted by atomic mass is 9.97. The number of carboxylic acids is 1. The molecule has 0 aromatic heterocycles. The van der Waals surface area contributed by atoms with E-state index in [2.05, 4.69) is 0 Å². The summed E-state index contributed by atoms with van der Waals surface area (Å²) in [6, 6.07) is 23.9. The van der Waals surface area contributed by atoms with Crippen LogP contribution in [0.1, 0.15) is 23.7 Å². The first-order valence-corrected chi connectivity index (χ1v) is 9.93. The molecule has 3 aromatic rings. The van der Waals surface area contributed by atoms with Crippen molar-refractivity contribution < 1.29 is 14.7 Å². The summed E-state index contributed by atoms with van der Waals surface area (Å²) in [6.45, 7) is 1.59. The molecule has 0 bridgehead atoms. The van der Waals surface area contributed by atoms with Crippen LogP contribution in [0.25, 0.3) is 11.1 Å². The molecule has 3 rings (SSSR count). The van der Waals surface area contributed by atoms with Gasteiger partial charge in [0.1, 0.15) is 4.75 Å². The highest BCUT2D eigenvalue weighted by Gasteiger charge is 2.37. The van der Waals surface area contributed by atoms with Gasteiger partial charge in [-0.05, 0) is 42.3 Å². The second-order valence-corrected chi connectivity index (χ2v) is 8.65. The Morgan fingerprint density at radius 3 is 1.96 bits per heavy atom. The van der Waals surface area contributed by atoms with E-state index in [1.165, 1.54) is 11.8 Å². The zero-order valence-corrected chi connectivity index (χ0v) is 16.8. The summed E-state index contributed by atoms with van der Waals surface area (Å²) in [7, 11) is 0. The number of ketones is 1. The molecule has 1 unspecified atom stereocenters. The molecule has 142 valence electrons. The Kier molecular flexibility index (Phi) is 6.22. The number of carbonyl (C=O) groups excluding carboxylic acids is 1. The topological polar surface area (TPSA) is 54.4 Å². The molecule has 5 heteroatoms. The Balaban J connectivity index is 1.76. The molecule has 0 aliphatic carbocycles. The average molecular weight is 411 g/mol. The average Bonchev–Trinajstić information content (AvgIpc) is 2.69. The summed E-state index contributed by atoms with van der Waals surface area (Å²) >= 11 is 7.11. The van der Waals surface area contributed by atoms with Crippen molar-refractivity contribution in [3.8, 4) is 11.1 Å². The molecule has 1 N–H and O–H groups in total. The molecule has 0 radical (unpaired) electrons. The first kappa shape index (κ1) is 20.2. The summed E-state index contributed by atoms with van der Waals surface area (Å²) in [5.74, 6) is -1.21. The second kappa shape index (κ2) is 8.63. The number of hydrogen-bond donors (Lipinski definition) is 1. The van der Waals surface area contributed by atoms with Gasteiger partial charge in [0.15, 0.2) is 5.78 Å². The van der Waals surface area contributed by atoms with Crippen molar-refractivity contribution in [2.45, 2.75) is 23.0 Å². The molecular formula is C23H19ClO3S. The van der Waals surface area contributed by atoms with Crippen LogP contribution in [0.3, 0.4) is 0 Å². The Hall–Kier alpha value is -2.56. The van der Waals surface area contributed by atoms with Gasteiger partial charge in [0, 0.05) is 21.9 Å². The van der Waals surface area contributed by atoms with E-state index in [9.17, 15) is 14.7 Å². The highest BCUT2D eigenvalue weighted by atomic mass is 35.5. The number of benzene rings is 3. The molecular weight excluding hydrogens is 392 g/mol. The van der Waals surface area contributed by atoms with E-state index in [1.54, 1.807) is 19.1 Å². The van der Waals surface area contributed by atoms with Crippen molar-refractivity contribution in [1.82, 2.24) is 0 Å². The van der Waals surface area contributed by atoms with E-state index in [1.807, 2.05) is 66.7 Å². The zero-order valence-electron chi connectivity index (χ0n) is 15.3. The van der Waals surface area contributed by atoms with Crippen LogP contribution in [0.5, 0.6) is 0 Å². The fourth-order valence-electron chi connectivity index (χ4n) is 2.80. The lowest BCUT2D eigenvalue weighted by Crippen LogP contribution is -2.34. The first-order valence-electron chi connectivity index (χ1n) is 8.74. The minimum atomic E-state index is -1.24. The smallest absolute Gasteiger partial charge is 0.320 e. The van der Waals surface area contributed by atoms with E-state index >= 15 is 0 Å². The van der Waals surface area contributed by atoms with E-state index in [-0.39, 0.29) is 12.2 Å². The van der Waals surface area contributed by atoms with Crippen molar-refractivity contribution in [3.05, 3.63) is 89.4 Å². The summed E-state index contributed by atoms with van der Waals surface area (Å²) < 4.78 is -1.24. The maximum absolute atomic E-state index is 12.8. The van der Waals surface area contributed by atoms with Gasteiger partial charge in [0.2, 0.25) is 0 Å². The SMILES string of the molecule is CC(CC(=O)c1ccc(-c2ccc(Cl)cc2)cc1)(Sc1ccccc1)C(=O)O. The van der Waals surface area contributed by atoms with Crippen molar-refractivity contribution in [2.75, 3.05) is 0 Å². The third kappa shape index (κ3) is 4.83. The Labute approximate surface area is 173 Å². The molecule has 1 atom stereocenters. The predicted molar refractivity (Wildman–Crippen MR) is 114 cm³/mol. The number of thioether (sulfide) groups is 1. The number of aliphatic carboxylic acids is 1. The van der Waals surface area contributed by atoms with Crippen LogP contribution < -0.4 is 0 Å². The largest absolute Gasteiger partial charge is 0.480 e. The minimum Gasteiger partial charge on any atom is -0.480 e. The van der Waals surface area contributed by atoms with Gasteiger partial charge in [0.25, 0.3) is 0 Å². The molecule has 28 heavy (non-hydrogen) atoms. The van der Waals surface area contributed by atoms with E-state index in [0.29, 0.717) is 10.6 Å². The summed E-state index contributed by atoms with van der Waals surface area (Å²) in [4.78, 5) is 25.4. The Bertz CT molecular complexity index is 969. The molecule has 0 saturated carbocycles. The summed E-state index contributed by atoms with van der Waals surface area (Å²) in [5, 5.41) is 10.4. The van der Waals surface area contributed by atoms with Gasteiger partial charge in [-0.15, -0.1) is 11.8 Å². The molecule has 0 saturated heterocycles. The normalized spacial score (nSPS) is 12.9. The number of halogens is 1. The van der Waals surface area contributed by atoms with Gasteiger partial charge in [-0.1, -0.05) is 66.2 Å². The highest BCUT2D eigenvalue weighted by molar-refractivity contribution is 8.01. The second-order valence-electron chi connectivity index (χ2n) is 6.64. The fourth-order valence-corrected chi connectivity index (χ4v) is 4.03. The lowest BCUT2D eigenvalue weighted by molar-refractivity contribution is -0.139. The number of carboxylic acid groups (broad SMARTS) is 1. The number of hydrogen-bond acceptors (Lipinski definition) is 3. The molecule has 0 spiro atoms. The van der Waals surface area contributed by atoms with Crippen molar-refractivity contribution >= 4 is 35.1 Å². The van der Waals surface area contributed by atoms with Gasteiger partial charge in [-0.2, -0.15) is 0 Å². The van der Waals surface area contributed by atoms with E-state index in [0.717, 1.165) is 16.0 Å². The molecule has 3 nitrogen and oxygen atoms in total. The van der Waals surface area contributed by atoms with Crippen LogP contribution in [0.4, 0.5) is 0 Å². The van der Waals surface area contributed by atoms with Gasteiger partial charge in [-0.25, -0.2) is 0 Å². The first-order chi connectivity index (χ1) is 13.4. The minimum absolute atomic E-state index is 0.0951. The monoisotopic (exact) mass is 410 g/mol. The fraction of sp³-hybridized carbons (Fsp3) is 0.130.